The summed E-state index contributed by atoms with van der Waals surface area (Å²) in [6, 6.07) is 76.1. The summed E-state index contributed by atoms with van der Waals surface area (Å²) in [5.74, 6) is 1.78. The number of hydrogen-bond donors (Lipinski definition) is 0. The van der Waals surface area contributed by atoms with E-state index >= 15 is 0 Å². The van der Waals surface area contributed by atoms with Gasteiger partial charge in [-0.1, -0.05) is 194 Å². The SMILES string of the molecule is c1ccc(C2(c3ccccc3)c3ccccc3Oc3c(-c4ccc5c(c4)C4(c6ccccc6-5)c5ccccc5-c5ccc6ccccc6c54)cccc32)cc1. The minimum absolute atomic E-state index is 0.477. The molecule has 9 aromatic rings. The quantitative estimate of drug-likeness (QED) is 0.178. The minimum Gasteiger partial charge on any atom is -0.456 e. The van der Waals surface area contributed by atoms with E-state index in [2.05, 4.69) is 206 Å². The Balaban J connectivity index is 1.17. The Bertz CT molecular complexity index is 2960. The number of hydrogen-bond acceptors (Lipinski definition) is 1. The van der Waals surface area contributed by atoms with E-state index in [1.165, 1.54) is 66.4 Å². The Hall–Kier alpha value is -6.96. The lowest BCUT2D eigenvalue weighted by Crippen LogP contribution is -2.34. The highest BCUT2D eigenvalue weighted by Gasteiger charge is 2.53. The lowest BCUT2D eigenvalue weighted by Gasteiger charge is -2.42. The van der Waals surface area contributed by atoms with Gasteiger partial charge >= 0.3 is 0 Å². The summed E-state index contributed by atoms with van der Waals surface area (Å²) < 4.78 is 7.13. The predicted octanol–water partition coefficient (Wildman–Crippen LogP) is 13.3. The van der Waals surface area contributed by atoms with Crippen LogP contribution in [-0.4, -0.2) is 0 Å². The number of benzene rings is 9. The Kier molecular flexibility index (Phi) is 6.25. The van der Waals surface area contributed by atoms with Gasteiger partial charge in [-0.15, -0.1) is 0 Å². The number of ether oxygens (including phenoxy) is 1. The van der Waals surface area contributed by atoms with Crippen molar-refractivity contribution in [1.29, 1.82) is 0 Å². The van der Waals surface area contributed by atoms with Crippen LogP contribution < -0.4 is 4.74 Å². The first kappa shape index (κ1) is 30.5. The van der Waals surface area contributed by atoms with Gasteiger partial charge in [0.05, 0.1) is 10.8 Å². The van der Waals surface area contributed by atoms with Crippen LogP contribution in [0.2, 0.25) is 0 Å². The number of para-hydroxylation sites is 2. The number of fused-ring (bicyclic) bond motifs is 14. The second-order valence-electron chi connectivity index (χ2n) is 15.1. The zero-order chi connectivity index (χ0) is 36.1. The Morgan fingerprint density at radius 1 is 0.327 bits per heavy atom. The fraction of sp³-hybridized carbons (Fsp3) is 0.0370. The zero-order valence-corrected chi connectivity index (χ0v) is 30.0. The van der Waals surface area contributed by atoms with E-state index in [0.29, 0.717) is 0 Å². The van der Waals surface area contributed by atoms with Crippen LogP contribution in [0.3, 0.4) is 0 Å². The average Bonchev–Trinajstić information content (AvgIpc) is 3.73. The molecule has 0 radical (unpaired) electrons. The molecule has 0 amide bonds. The van der Waals surface area contributed by atoms with Gasteiger partial charge in [-0.25, -0.2) is 0 Å². The third-order valence-corrected chi connectivity index (χ3v) is 12.6. The highest BCUT2D eigenvalue weighted by molar-refractivity contribution is 6.04. The largest absolute Gasteiger partial charge is 0.456 e. The fourth-order valence-electron chi connectivity index (χ4n) is 10.5. The molecule has 9 aromatic carbocycles. The summed E-state index contributed by atoms with van der Waals surface area (Å²) in [5.41, 5.74) is 16.5. The first-order chi connectivity index (χ1) is 27.3. The maximum Gasteiger partial charge on any atom is 0.140 e. The molecule has 1 spiro atoms. The van der Waals surface area contributed by atoms with Crippen LogP contribution in [0.4, 0.5) is 0 Å². The summed E-state index contributed by atoms with van der Waals surface area (Å²) >= 11 is 0. The van der Waals surface area contributed by atoms with E-state index in [4.69, 9.17) is 4.74 Å². The molecule has 1 atom stereocenters. The molecule has 0 saturated heterocycles. The van der Waals surface area contributed by atoms with Gasteiger partial charge in [0.15, 0.2) is 0 Å². The standard InChI is InChI=1S/C54H34O/c1-3-17-37(18-4-1)53(38-19-5-2-6-20-38)47-27-13-14-29-50(47)55-52-40(24-15-28-48(52)53)36-31-32-43-41-22-9-11-25-45(41)54(49(43)34-36)46-26-12-10-23-42(46)44-33-30-35-16-7-8-21-39(35)51(44)54/h1-34H. The Labute approximate surface area is 320 Å². The normalized spacial score (nSPS) is 16.4. The van der Waals surface area contributed by atoms with Crippen LogP contribution in [0.1, 0.15) is 44.5 Å². The van der Waals surface area contributed by atoms with Gasteiger partial charge in [-0.05, 0) is 84.1 Å². The molecule has 0 aromatic heterocycles. The topological polar surface area (TPSA) is 9.23 Å². The average molecular weight is 699 g/mol. The molecule has 0 bridgehead atoms. The first-order valence-electron chi connectivity index (χ1n) is 19.2. The van der Waals surface area contributed by atoms with E-state index in [1.807, 2.05) is 0 Å². The van der Waals surface area contributed by atoms with Gasteiger partial charge in [0.1, 0.15) is 11.5 Å². The predicted molar refractivity (Wildman–Crippen MR) is 224 cm³/mol. The molecule has 1 heterocycles. The van der Waals surface area contributed by atoms with Crippen LogP contribution in [0.15, 0.2) is 206 Å². The van der Waals surface area contributed by atoms with Crippen molar-refractivity contribution in [1.82, 2.24) is 0 Å². The minimum atomic E-state index is -0.584. The second kappa shape index (κ2) is 11.3. The third kappa shape index (κ3) is 3.87. The van der Waals surface area contributed by atoms with E-state index in [1.54, 1.807) is 0 Å². The summed E-state index contributed by atoms with van der Waals surface area (Å²) in [6.45, 7) is 0. The van der Waals surface area contributed by atoms with Crippen molar-refractivity contribution in [3.8, 4) is 44.9 Å². The second-order valence-corrected chi connectivity index (χ2v) is 15.1. The Morgan fingerprint density at radius 3 is 1.62 bits per heavy atom. The van der Waals surface area contributed by atoms with Crippen LogP contribution in [0, 0.1) is 0 Å². The maximum atomic E-state index is 7.13. The van der Waals surface area contributed by atoms with Crippen molar-refractivity contribution in [3.05, 3.63) is 251 Å². The highest BCUT2D eigenvalue weighted by Crippen LogP contribution is 2.65. The molecule has 1 unspecified atom stereocenters. The van der Waals surface area contributed by atoms with Crippen molar-refractivity contribution >= 4 is 10.8 Å². The zero-order valence-electron chi connectivity index (χ0n) is 30.0. The summed E-state index contributed by atoms with van der Waals surface area (Å²) in [6.07, 6.45) is 0. The van der Waals surface area contributed by atoms with E-state index in [0.717, 1.165) is 33.8 Å². The summed E-state index contributed by atoms with van der Waals surface area (Å²) in [4.78, 5) is 0. The van der Waals surface area contributed by atoms with Crippen molar-refractivity contribution in [2.24, 2.45) is 0 Å². The van der Waals surface area contributed by atoms with Crippen molar-refractivity contribution < 1.29 is 4.74 Å². The van der Waals surface area contributed by atoms with E-state index in [-0.39, 0.29) is 0 Å². The molecule has 55 heavy (non-hydrogen) atoms. The van der Waals surface area contributed by atoms with Gasteiger partial charge in [0.25, 0.3) is 0 Å². The third-order valence-electron chi connectivity index (χ3n) is 12.6. The molecule has 3 aliphatic rings. The van der Waals surface area contributed by atoms with Crippen LogP contribution >= 0.6 is 0 Å². The molecule has 256 valence electrons. The fourth-order valence-corrected chi connectivity index (χ4v) is 10.5. The Morgan fingerprint density at radius 2 is 0.873 bits per heavy atom. The molecule has 1 nitrogen and oxygen atoms in total. The first-order valence-corrected chi connectivity index (χ1v) is 19.2. The molecule has 1 heteroatoms. The maximum absolute atomic E-state index is 7.13. The molecular formula is C54H34O. The smallest absolute Gasteiger partial charge is 0.140 e. The molecule has 0 fully saturated rings. The summed E-state index contributed by atoms with van der Waals surface area (Å²) in [7, 11) is 0. The van der Waals surface area contributed by atoms with Crippen LogP contribution in [0.25, 0.3) is 44.2 Å². The van der Waals surface area contributed by atoms with Crippen molar-refractivity contribution in [2.75, 3.05) is 0 Å². The van der Waals surface area contributed by atoms with Crippen LogP contribution in [0.5, 0.6) is 11.5 Å². The van der Waals surface area contributed by atoms with Crippen molar-refractivity contribution in [2.45, 2.75) is 10.8 Å². The molecule has 0 saturated carbocycles. The lowest BCUT2D eigenvalue weighted by atomic mass is 9.63. The molecule has 1 aliphatic heterocycles. The highest BCUT2D eigenvalue weighted by atomic mass is 16.5. The molecular weight excluding hydrogens is 665 g/mol. The molecule has 2 aliphatic carbocycles. The molecule has 12 rings (SSSR count). The van der Waals surface area contributed by atoms with Gasteiger partial charge in [0.2, 0.25) is 0 Å². The van der Waals surface area contributed by atoms with E-state index in [9.17, 15) is 0 Å². The van der Waals surface area contributed by atoms with Gasteiger partial charge < -0.3 is 4.74 Å². The van der Waals surface area contributed by atoms with Gasteiger partial charge in [-0.3, -0.25) is 0 Å². The van der Waals surface area contributed by atoms with Crippen molar-refractivity contribution in [3.63, 3.8) is 0 Å². The van der Waals surface area contributed by atoms with Gasteiger partial charge in [-0.2, -0.15) is 0 Å². The van der Waals surface area contributed by atoms with Crippen LogP contribution in [-0.2, 0) is 10.8 Å². The summed E-state index contributed by atoms with van der Waals surface area (Å²) in [5, 5.41) is 2.56. The van der Waals surface area contributed by atoms with Gasteiger partial charge in [0, 0.05) is 16.7 Å². The lowest BCUT2D eigenvalue weighted by molar-refractivity contribution is 0.436. The van der Waals surface area contributed by atoms with E-state index < -0.39 is 10.8 Å². The monoisotopic (exact) mass is 698 g/mol. The molecule has 0 N–H and O–H groups in total. The number of rotatable bonds is 3.